The molecule has 0 unspecified atom stereocenters. The van der Waals surface area contributed by atoms with Crippen molar-refractivity contribution in [1.82, 2.24) is 5.32 Å². The van der Waals surface area contributed by atoms with E-state index in [1.807, 2.05) is 6.07 Å². The van der Waals surface area contributed by atoms with E-state index in [0.29, 0.717) is 47.6 Å². The highest BCUT2D eigenvalue weighted by Gasteiger charge is 2.28. The number of aromatic hydroxyl groups is 1. The Labute approximate surface area is 156 Å². The van der Waals surface area contributed by atoms with Gasteiger partial charge in [-0.15, -0.1) is 0 Å². The number of amides is 1. The maximum atomic E-state index is 12.2. The van der Waals surface area contributed by atoms with E-state index in [2.05, 4.69) is 5.32 Å². The zero-order chi connectivity index (χ0) is 19.6. The summed E-state index contributed by atoms with van der Waals surface area (Å²) in [5.41, 5.74) is 2.44. The number of benzene rings is 1. The molecule has 1 atom stereocenters. The van der Waals surface area contributed by atoms with Crippen molar-refractivity contribution in [3.63, 3.8) is 0 Å². The van der Waals surface area contributed by atoms with Crippen LogP contribution in [0.2, 0.25) is 0 Å². The van der Waals surface area contributed by atoms with Gasteiger partial charge in [0.1, 0.15) is 0 Å². The highest BCUT2D eigenvalue weighted by Crippen LogP contribution is 2.50. The number of hydrogen-bond acceptors (Lipinski definition) is 6. The van der Waals surface area contributed by atoms with Crippen molar-refractivity contribution in [3.05, 3.63) is 45.6 Å². The van der Waals surface area contributed by atoms with Crippen LogP contribution >= 0.6 is 0 Å². The predicted octanol–water partition coefficient (Wildman–Crippen LogP) is 2.18. The van der Waals surface area contributed by atoms with Crippen molar-refractivity contribution in [3.8, 4) is 34.1 Å². The highest BCUT2D eigenvalue weighted by atomic mass is 16.5. The zero-order valence-corrected chi connectivity index (χ0v) is 15.4. The number of aryl methyl sites for hydroxylation is 1. The minimum Gasteiger partial charge on any atom is -0.504 e. The first-order valence-corrected chi connectivity index (χ1v) is 8.44. The largest absolute Gasteiger partial charge is 0.504 e. The second-order valence-corrected chi connectivity index (χ2v) is 6.15. The van der Waals surface area contributed by atoms with Crippen LogP contribution in [0.1, 0.15) is 23.6 Å². The molecular formula is C20H21NO6. The number of ether oxygens (including phenoxy) is 3. The Balaban J connectivity index is 2.43. The Kier molecular flexibility index (Phi) is 5.21. The topological polar surface area (TPSA) is 94.1 Å². The second-order valence-electron chi connectivity index (χ2n) is 6.15. The van der Waals surface area contributed by atoms with E-state index >= 15 is 0 Å². The number of carbonyl (C=O) groups excluding carboxylic acids is 1. The van der Waals surface area contributed by atoms with Crippen LogP contribution in [0.4, 0.5) is 0 Å². The van der Waals surface area contributed by atoms with Gasteiger partial charge in [0.05, 0.1) is 27.4 Å². The molecule has 1 aliphatic rings. The number of nitrogens with one attached hydrogen (secondary N) is 1. The van der Waals surface area contributed by atoms with Gasteiger partial charge in [-0.1, -0.05) is 6.07 Å². The van der Waals surface area contributed by atoms with Crippen LogP contribution < -0.4 is 25.0 Å². The molecular weight excluding hydrogens is 350 g/mol. The molecule has 2 aromatic carbocycles. The van der Waals surface area contributed by atoms with Gasteiger partial charge in [0, 0.05) is 5.56 Å². The van der Waals surface area contributed by atoms with Gasteiger partial charge < -0.3 is 24.6 Å². The van der Waals surface area contributed by atoms with Gasteiger partial charge in [-0.3, -0.25) is 9.59 Å². The van der Waals surface area contributed by atoms with Gasteiger partial charge >= 0.3 is 0 Å². The number of carbonyl (C=O) groups is 1. The van der Waals surface area contributed by atoms with E-state index in [1.54, 1.807) is 13.2 Å². The fourth-order valence-electron chi connectivity index (χ4n) is 3.56. The van der Waals surface area contributed by atoms with Gasteiger partial charge in [-0.25, -0.2) is 0 Å². The van der Waals surface area contributed by atoms with Crippen molar-refractivity contribution in [2.45, 2.75) is 18.9 Å². The summed E-state index contributed by atoms with van der Waals surface area (Å²) in [6.45, 7) is 0. The predicted molar refractivity (Wildman–Crippen MR) is 99.7 cm³/mol. The summed E-state index contributed by atoms with van der Waals surface area (Å²) in [5.74, 6) is 1.07. The van der Waals surface area contributed by atoms with Crippen LogP contribution in [-0.4, -0.2) is 32.8 Å². The summed E-state index contributed by atoms with van der Waals surface area (Å²) in [6.07, 6.45) is 1.80. The third-order valence-corrected chi connectivity index (χ3v) is 4.79. The molecule has 0 bridgehead atoms. The molecule has 142 valence electrons. The third kappa shape index (κ3) is 3.16. The first-order valence-electron chi connectivity index (χ1n) is 8.44. The number of methoxy groups -OCH3 is 3. The lowest BCUT2D eigenvalue weighted by atomic mass is 9.95. The molecule has 1 amide bonds. The maximum absolute atomic E-state index is 12.2. The van der Waals surface area contributed by atoms with Gasteiger partial charge in [0.2, 0.25) is 17.6 Å². The minimum atomic E-state index is -0.517. The van der Waals surface area contributed by atoms with Crippen LogP contribution in [0.25, 0.3) is 11.1 Å². The molecule has 0 aliphatic heterocycles. The molecule has 0 saturated carbocycles. The van der Waals surface area contributed by atoms with Crippen LogP contribution in [0.15, 0.2) is 29.1 Å². The van der Waals surface area contributed by atoms with Crippen LogP contribution in [0.5, 0.6) is 23.0 Å². The molecule has 0 aromatic heterocycles. The number of rotatable bonds is 5. The highest BCUT2D eigenvalue weighted by molar-refractivity contribution is 5.82. The van der Waals surface area contributed by atoms with E-state index in [0.717, 1.165) is 11.1 Å². The summed E-state index contributed by atoms with van der Waals surface area (Å²) in [5, 5.41) is 12.7. The Morgan fingerprint density at radius 2 is 1.85 bits per heavy atom. The van der Waals surface area contributed by atoms with Crippen molar-refractivity contribution in [2.75, 3.05) is 21.3 Å². The average molecular weight is 371 g/mol. The molecule has 0 radical (unpaired) electrons. The molecule has 0 spiro atoms. The minimum absolute atomic E-state index is 0.367. The summed E-state index contributed by atoms with van der Waals surface area (Å²) in [7, 11) is 4.60. The van der Waals surface area contributed by atoms with Crippen molar-refractivity contribution >= 4 is 6.41 Å². The molecule has 7 heteroatoms. The molecule has 7 nitrogen and oxygen atoms in total. The molecule has 0 fully saturated rings. The molecule has 1 aliphatic carbocycles. The molecule has 3 rings (SSSR count). The quantitative estimate of drug-likeness (QED) is 0.783. The first-order chi connectivity index (χ1) is 13.0. The van der Waals surface area contributed by atoms with Crippen LogP contribution in [0, 0.1) is 0 Å². The molecule has 2 aromatic rings. The molecule has 27 heavy (non-hydrogen) atoms. The number of hydrogen-bond donors (Lipinski definition) is 2. The smallest absolute Gasteiger partial charge is 0.220 e. The van der Waals surface area contributed by atoms with Gasteiger partial charge in [0.15, 0.2) is 17.2 Å². The number of fused-ring (bicyclic) bond motifs is 3. The Hall–Kier alpha value is -3.22. The van der Waals surface area contributed by atoms with Crippen LogP contribution in [-0.2, 0) is 11.2 Å². The monoisotopic (exact) mass is 371 g/mol. The van der Waals surface area contributed by atoms with E-state index in [4.69, 9.17) is 14.2 Å². The second kappa shape index (κ2) is 7.57. The molecule has 2 N–H and O–H groups in total. The van der Waals surface area contributed by atoms with Crippen molar-refractivity contribution in [2.24, 2.45) is 0 Å². The van der Waals surface area contributed by atoms with Crippen LogP contribution in [0.3, 0.4) is 0 Å². The van der Waals surface area contributed by atoms with Crippen molar-refractivity contribution < 1.29 is 24.1 Å². The summed E-state index contributed by atoms with van der Waals surface area (Å²) in [6, 6.07) is 5.85. The zero-order valence-electron chi connectivity index (χ0n) is 15.4. The Morgan fingerprint density at radius 3 is 2.48 bits per heavy atom. The lowest BCUT2D eigenvalue weighted by Crippen LogP contribution is -2.20. The summed E-state index contributed by atoms with van der Waals surface area (Å²) < 4.78 is 16.6. The van der Waals surface area contributed by atoms with E-state index < -0.39 is 5.43 Å². The maximum Gasteiger partial charge on any atom is 0.220 e. The SMILES string of the molecule is COc1cc2c(c(OC)c1OC)-c1ccc(O)c(=O)cc1[C@@H](NC=O)CC2. The lowest BCUT2D eigenvalue weighted by molar-refractivity contribution is -0.110. The van der Waals surface area contributed by atoms with Crippen molar-refractivity contribution in [1.29, 1.82) is 0 Å². The lowest BCUT2D eigenvalue weighted by Gasteiger charge is -2.19. The summed E-state index contributed by atoms with van der Waals surface area (Å²) >= 11 is 0. The Bertz CT molecular complexity index is 941. The first kappa shape index (κ1) is 18.6. The van der Waals surface area contributed by atoms with Gasteiger partial charge in [-0.2, -0.15) is 0 Å². The van der Waals surface area contributed by atoms with E-state index in [-0.39, 0.29) is 11.8 Å². The van der Waals surface area contributed by atoms with E-state index in [9.17, 15) is 14.7 Å². The normalized spacial score (nSPS) is 15.0. The third-order valence-electron chi connectivity index (χ3n) is 4.79. The van der Waals surface area contributed by atoms with Gasteiger partial charge in [0.25, 0.3) is 0 Å². The Morgan fingerprint density at radius 1 is 1.11 bits per heavy atom. The van der Waals surface area contributed by atoms with Gasteiger partial charge in [-0.05, 0) is 47.7 Å². The summed E-state index contributed by atoms with van der Waals surface area (Å²) in [4.78, 5) is 23.3. The fourth-order valence-corrected chi connectivity index (χ4v) is 3.56. The molecule has 0 heterocycles. The average Bonchev–Trinajstić information content (AvgIpc) is 2.91. The fraction of sp³-hybridized carbons (Fsp3) is 0.300. The van der Waals surface area contributed by atoms with E-state index in [1.165, 1.54) is 26.4 Å². The molecule has 0 saturated heterocycles. The standard InChI is InChI=1S/C20H21NO6/c1-25-17-8-11-4-6-14(21-10-22)13-9-16(24)15(23)7-5-12(13)18(11)20(27-3)19(17)26-2/h5,7-10,14H,4,6H2,1-3H3,(H,21,22)(H,23,24)/t14-/m0/s1.